The van der Waals surface area contributed by atoms with Gasteiger partial charge >= 0.3 is 0 Å². The summed E-state index contributed by atoms with van der Waals surface area (Å²) in [6.45, 7) is 0.122. The molecule has 1 rings (SSSR count). The molecule has 1 aromatic carbocycles. The van der Waals surface area contributed by atoms with Crippen LogP contribution in [0.15, 0.2) is 16.6 Å². The van der Waals surface area contributed by atoms with E-state index in [2.05, 4.69) is 21.2 Å². The van der Waals surface area contributed by atoms with E-state index in [4.69, 9.17) is 5.73 Å². The zero-order valence-corrected chi connectivity index (χ0v) is 10.9. The van der Waals surface area contributed by atoms with Crippen LogP contribution in [0.25, 0.3) is 0 Å². The van der Waals surface area contributed by atoms with E-state index in [0.29, 0.717) is 6.42 Å². The summed E-state index contributed by atoms with van der Waals surface area (Å²) >= 11 is 2.91. The molecule has 0 atom stereocenters. The molecule has 3 N–H and O–H groups in total. The van der Waals surface area contributed by atoms with Crippen LogP contribution >= 0.6 is 15.9 Å². The molecule has 0 aliphatic heterocycles. The monoisotopic (exact) mass is 320 g/mol. The van der Waals surface area contributed by atoms with E-state index in [9.17, 15) is 18.4 Å². The molecule has 0 aliphatic carbocycles. The second-order valence-electron chi connectivity index (χ2n) is 3.57. The van der Waals surface area contributed by atoms with Gasteiger partial charge in [0.15, 0.2) is 0 Å². The molecule has 0 saturated heterocycles. The highest BCUT2D eigenvalue weighted by Crippen LogP contribution is 2.19. The average molecular weight is 321 g/mol. The molecular formula is C11H11BrF2N2O2. The van der Waals surface area contributed by atoms with Gasteiger partial charge in [-0.3, -0.25) is 9.59 Å². The lowest BCUT2D eigenvalue weighted by Gasteiger charge is -2.07. The molecule has 18 heavy (non-hydrogen) atoms. The number of carbonyl (C=O) groups is 2. The fraction of sp³-hybridized carbons (Fsp3) is 0.273. The van der Waals surface area contributed by atoms with Gasteiger partial charge in [-0.1, -0.05) is 15.9 Å². The Hall–Kier alpha value is -1.50. The van der Waals surface area contributed by atoms with E-state index in [1.807, 2.05) is 0 Å². The molecule has 0 aromatic heterocycles. The molecular weight excluding hydrogens is 310 g/mol. The van der Waals surface area contributed by atoms with Crippen LogP contribution in [0.3, 0.4) is 0 Å². The van der Waals surface area contributed by atoms with E-state index >= 15 is 0 Å². The van der Waals surface area contributed by atoms with Crippen LogP contribution in [-0.4, -0.2) is 18.4 Å². The first-order valence-corrected chi connectivity index (χ1v) is 5.92. The van der Waals surface area contributed by atoms with Crippen molar-refractivity contribution in [2.24, 2.45) is 5.73 Å². The van der Waals surface area contributed by atoms with E-state index in [1.165, 1.54) is 0 Å². The smallest absolute Gasteiger partial charge is 0.257 e. The molecule has 0 unspecified atom stereocenters. The number of hydrogen-bond donors (Lipinski definition) is 2. The van der Waals surface area contributed by atoms with Crippen molar-refractivity contribution >= 4 is 27.7 Å². The summed E-state index contributed by atoms with van der Waals surface area (Å²) in [6, 6.07) is 2.00. The zero-order chi connectivity index (χ0) is 13.7. The first-order chi connectivity index (χ1) is 8.41. The number of amides is 2. The summed E-state index contributed by atoms with van der Waals surface area (Å²) < 4.78 is 27.0. The predicted molar refractivity (Wildman–Crippen MR) is 64.8 cm³/mol. The Bertz CT molecular complexity index is 457. The molecule has 0 radical (unpaired) electrons. The van der Waals surface area contributed by atoms with E-state index in [1.54, 1.807) is 0 Å². The SMILES string of the molecule is NC(=O)CCCNC(=O)c1c(F)cc(Br)cc1F. The summed E-state index contributed by atoms with van der Waals surface area (Å²) in [5.41, 5.74) is 4.27. The Morgan fingerprint density at radius 2 is 1.83 bits per heavy atom. The molecule has 2 amide bonds. The van der Waals surface area contributed by atoms with Gasteiger partial charge in [-0.05, 0) is 18.6 Å². The Balaban J connectivity index is 2.65. The third-order valence-corrected chi connectivity index (χ3v) is 2.58. The Morgan fingerprint density at radius 1 is 1.28 bits per heavy atom. The maximum absolute atomic E-state index is 13.4. The minimum atomic E-state index is -0.950. The molecule has 1 aromatic rings. The number of halogens is 3. The fourth-order valence-electron chi connectivity index (χ4n) is 1.31. The lowest BCUT2D eigenvalue weighted by Crippen LogP contribution is -2.27. The highest BCUT2D eigenvalue weighted by Gasteiger charge is 2.17. The second kappa shape index (κ2) is 6.44. The molecule has 0 spiro atoms. The number of primary amides is 1. The van der Waals surface area contributed by atoms with Crippen LogP contribution in [0.1, 0.15) is 23.2 Å². The molecule has 7 heteroatoms. The summed E-state index contributed by atoms with van der Waals surface area (Å²) in [4.78, 5) is 22.0. The maximum Gasteiger partial charge on any atom is 0.257 e. The molecule has 0 fully saturated rings. The third kappa shape index (κ3) is 4.06. The van der Waals surface area contributed by atoms with Gasteiger partial charge in [0.25, 0.3) is 5.91 Å². The van der Waals surface area contributed by atoms with Gasteiger partial charge in [-0.2, -0.15) is 0 Å². The van der Waals surface area contributed by atoms with Crippen molar-refractivity contribution in [3.63, 3.8) is 0 Å². The Morgan fingerprint density at radius 3 is 2.33 bits per heavy atom. The Labute approximate surface area is 111 Å². The molecule has 0 bridgehead atoms. The van der Waals surface area contributed by atoms with Crippen molar-refractivity contribution in [1.82, 2.24) is 5.32 Å². The van der Waals surface area contributed by atoms with Crippen LogP contribution in [0.2, 0.25) is 0 Å². The first kappa shape index (κ1) is 14.6. The largest absolute Gasteiger partial charge is 0.370 e. The van der Waals surface area contributed by atoms with Crippen LogP contribution in [-0.2, 0) is 4.79 Å². The van der Waals surface area contributed by atoms with Gasteiger partial charge in [0, 0.05) is 17.4 Å². The van der Waals surface area contributed by atoms with Crippen molar-refractivity contribution in [2.45, 2.75) is 12.8 Å². The molecule has 4 nitrogen and oxygen atoms in total. The Kier molecular flexibility index (Phi) is 5.21. The van der Waals surface area contributed by atoms with Gasteiger partial charge in [-0.25, -0.2) is 8.78 Å². The third-order valence-electron chi connectivity index (χ3n) is 2.12. The maximum atomic E-state index is 13.4. The molecule has 98 valence electrons. The van der Waals surface area contributed by atoms with Crippen molar-refractivity contribution in [3.05, 3.63) is 33.8 Å². The summed E-state index contributed by atoms with van der Waals surface area (Å²) in [5, 5.41) is 2.31. The number of nitrogens with one attached hydrogen (secondary N) is 1. The second-order valence-corrected chi connectivity index (χ2v) is 4.49. The number of nitrogens with two attached hydrogens (primary N) is 1. The minimum Gasteiger partial charge on any atom is -0.370 e. The van der Waals surface area contributed by atoms with Gasteiger partial charge in [-0.15, -0.1) is 0 Å². The van der Waals surface area contributed by atoms with Gasteiger partial charge in [0.1, 0.15) is 17.2 Å². The number of carbonyl (C=O) groups excluding carboxylic acids is 2. The fourth-order valence-corrected chi connectivity index (χ4v) is 1.71. The number of hydrogen-bond acceptors (Lipinski definition) is 2. The average Bonchev–Trinajstić information content (AvgIpc) is 2.22. The van der Waals surface area contributed by atoms with Crippen LogP contribution in [0, 0.1) is 11.6 Å². The van der Waals surface area contributed by atoms with Crippen molar-refractivity contribution in [1.29, 1.82) is 0 Å². The topological polar surface area (TPSA) is 72.2 Å². The van der Waals surface area contributed by atoms with E-state index in [0.717, 1.165) is 12.1 Å². The van der Waals surface area contributed by atoms with Gasteiger partial charge in [0.2, 0.25) is 5.91 Å². The number of benzene rings is 1. The molecule has 0 saturated carbocycles. The molecule has 0 heterocycles. The lowest BCUT2D eigenvalue weighted by molar-refractivity contribution is -0.118. The van der Waals surface area contributed by atoms with Crippen molar-refractivity contribution in [2.75, 3.05) is 6.54 Å². The van der Waals surface area contributed by atoms with Crippen LogP contribution in [0.5, 0.6) is 0 Å². The van der Waals surface area contributed by atoms with Gasteiger partial charge < -0.3 is 11.1 Å². The summed E-state index contributed by atoms with van der Waals surface area (Å²) in [5.74, 6) is -3.25. The highest BCUT2D eigenvalue weighted by molar-refractivity contribution is 9.10. The minimum absolute atomic E-state index is 0.103. The van der Waals surface area contributed by atoms with E-state index < -0.39 is 29.0 Å². The first-order valence-electron chi connectivity index (χ1n) is 5.13. The van der Waals surface area contributed by atoms with Crippen molar-refractivity contribution < 1.29 is 18.4 Å². The number of rotatable bonds is 5. The molecule has 0 aliphatic rings. The van der Waals surface area contributed by atoms with Crippen LogP contribution < -0.4 is 11.1 Å². The normalized spacial score (nSPS) is 10.2. The van der Waals surface area contributed by atoms with Gasteiger partial charge in [0.05, 0.1) is 0 Å². The van der Waals surface area contributed by atoms with Crippen molar-refractivity contribution in [3.8, 4) is 0 Å². The standard InChI is InChI=1S/C11H11BrF2N2O2/c12-6-4-7(13)10(8(14)5-6)11(18)16-3-1-2-9(15)17/h4-5H,1-3H2,(H2,15,17)(H,16,18). The lowest BCUT2D eigenvalue weighted by atomic mass is 10.2. The quantitative estimate of drug-likeness (QED) is 0.811. The highest BCUT2D eigenvalue weighted by atomic mass is 79.9. The summed E-state index contributed by atoms with van der Waals surface area (Å²) in [7, 11) is 0. The summed E-state index contributed by atoms with van der Waals surface area (Å²) in [6.07, 6.45) is 0.423. The van der Waals surface area contributed by atoms with E-state index in [-0.39, 0.29) is 17.4 Å². The van der Waals surface area contributed by atoms with Crippen LogP contribution in [0.4, 0.5) is 8.78 Å². The zero-order valence-electron chi connectivity index (χ0n) is 9.30. The predicted octanol–water partition coefficient (Wildman–Crippen LogP) is 1.72.